The third kappa shape index (κ3) is 3.50. The SMILES string of the molecule is CC(C)CN1C2C3CNC(CC3C1(Cc1ccccc1)Cc1ccccc1)C2C(N)=O. The van der Waals surface area contributed by atoms with Crippen LogP contribution in [-0.4, -0.2) is 41.5 Å². The number of likely N-dealkylation sites (tertiary alicyclic amines) is 1. The van der Waals surface area contributed by atoms with Gasteiger partial charge in [0, 0.05) is 30.7 Å². The van der Waals surface area contributed by atoms with Crippen molar-refractivity contribution < 1.29 is 4.79 Å². The lowest BCUT2D eigenvalue weighted by atomic mass is 9.61. The molecule has 0 aromatic heterocycles. The fourth-order valence-corrected chi connectivity index (χ4v) is 7.14. The zero-order valence-electron chi connectivity index (χ0n) is 18.7. The molecule has 4 nitrogen and oxygen atoms in total. The molecule has 3 heterocycles. The monoisotopic (exact) mass is 417 g/mol. The van der Waals surface area contributed by atoms with E-state index in [4.69, 9.17) is 5.73 Å². The first kappa shape index (κ1) is 20.7. The van der Waals surface area contributed by atoms with Crippen molar-refractivity contribution in [3.05, 3.63) is 71.8 Å². The predicted octanol–water partition coefficient (Wildman–Crippen LogP) is 3.26. The van der Waals surface area contributed by atoms with E-state index >= 15 is 0 Å². The summed E-state index contributed by atoms with van der Waals surface area (Å²) < 4.78 is 0. The van der Waals surface area contributed by atoms with Crippen LogP contribution in [0.15, 0.2) is 60.7 Å². The molecule has 164 valence electrons. The van der Waals surface area contributed by atoms with Crippen molar-refractivity contribution in [3.8, 4) is 0 Å². The van der Waals surface area contributed by atoms with Gasteiger partial charge in [0.1, 0.15) is 0 Å². The Morgan fingerprint density at radius 3 is 2.16 bits per heavy atom. The number of amides is 1. The Balaban J connectivity index is 1.64. The van der Waals surface area contributed by atoms with Crippen molar-refractivity contribution in [3.63, 3.8) is 0 Å². The van der Waals surface area contributed by atoms with E-state index in [2.05, 4.69) is 84.7 Å². The molecular weight excluding hydrogens is 382 g/mol. The summed E-state index contributed by atoms with van der Waals surface area (Å²) in [6, 6.07) is 22.3. The zero-order chi connectivity index (χ0) is 21.6. The minimum Gasteiger partial charge on any atom is -0.369 e. The number of hydrogen-bond acceptors (Lipinski definition) is 3. The molecule has 4 fully saturated rings. The topological polar surface area (TPSA) is 58.4 Å². The van der Waals surface area contributed by atoms with E-state index in [-0.39, 0.29) is 29.4 Å². The first-order valence-corrected chi connectivity index (χ1v) is 11.9. The number of carbonyl (C=O) groups excluding carboxylic acids is 1. The third-order valence-corrected chi connectivity index (χ3v) is 8.10. The van der Waals surface area contributed by atoms with E-state index < -0.39 is 0 Å². The van der Waals surface area contributed by atoms with Gasteiger partial charge in [0.15, 0.2) is 0 Å². The number of benzene rings is 2. The predicted molar refractivity (Wildman–Crippen MR) is 124 cm³/mol. The molecule has 0 radical (unpaired) electrons. The summed E-state index contributed by atoms with van der Waals surface area (Å²) in [5.41, 5.74) is 8.80. The van der Waals surface area contributed by atoms with Gasteiger partial charge >= 0.3 is 0 Å². The van der Waals surface area contributed by atoms with Crippen molar-refractivity contribution in [2.45, 2.75) is 50.7 Å². The molecule has 2 aromatic rings. The van der Waals surface area contributed by atoms with Gasteiger partial charge in [-0.1, -0.05) is 74.5 Å². The summed E-state index contributed by atoms with van der Waals surface area (Å²) in [5, 5.41) is 3.66. The molecule has 1 amide bonds. The molecule has 3 N–H and O–H groups in total. The van der Waals surface area contributed by atoms with Gasteiger partial charge in [-0.3, -0.25) is 9.69 Å². The van der Waals surface area contributed by atoms with Gasteiger partial charge in [0.2, 0.25) is 5.91 Å². The van der Waals surface area contributed by atoms with Crippen LogP contribution in [0.5, 0.6) is 0 Å². The second kappa shape index (κ2) is 8.07. The number of nitrogens with zero attached hydrogens (tertiary/aromatic N) is 1. The van der Waals surface area contributed by atoms with Crippen LogP contribution in [0.4, 0.5) is 0 Å². The summed E-state index contributed by atoms with van der Waals surface area (Å²) in [7, 11) is 0. The highest BCUT2D eigenvalue weighted by molar-refractivity contribution is 5.79. The molecule has 3 aliphatic heterocycles. The molecular formula is C27H35N3O. The highest BCUT2D eigenvalue weighted by Crippen LogP contribution is 2.57. The lowest BCUT2D eigenvalue weighted by molar-refractivity contribution is -0.128. The Kier molecular flexibility index (Phi) is 5.39. The van der Waals surface area contributed by atoms with E-state index in [0.29, 0.717) is 17.8 Å². The van der Waals surface area contributed by atoms with Crippen molar-refractivity contribution in [2.75, 3.05) is 13.1 Å². The Morgan fingerprint density at radius 1 is 1.06 bits per heavy atom. The highest BCUT2D eigenvalue weighted by Gasteiger charge is 2.66. The van der Waals surface area contributed by atoms with Crippen LogP contribution in [0.25, 0.3) is 0 Å². The van der Waals surface area contributed by atoms with Crippen LogP contribution >= 0.6 is 0 Å². The minimum absolute atomic E-state index is 0.00681. The van der Waals surface area contributed by atoms with Gasteiger partial charge in [-0.25, -0.2) is 0 Å². The molecule has 3 saturated heterocycles. The molecule has 6 rings (SSSR count). The molecule has 5 unspecified atom stereocenters. The number of carbonyl (C=O) groups is 1. The Morgan fingerprint density at radius 2 is 1.65 bits per heavy atom. The molecule has 4 aliphatic rings. The van der Waals surface area contributed by atoms with Gasteiger partial charge < -0.3 is 11.1 Å². The van der Waals surface area contributed by atoms with Crippen LogP contribution < -0.4 is 11.1 Å². The molecule has 0 spiro atoms. The lowest BCUT2D eigenvalue weighted by Gasteiger charge is -2.48. The fraction of sp³-hybridized carbons (Fsp3) is 0.519. The van der Waals surface area contributed by atoms with Crippen LogP contribution in [0.2, 0.25) is 0 Å². The van der Waals surface area contributed by atoms with Gasteiger partial charge in [0.05, 0.1) is 5.92 Å². The molecule has 1 saturated carbocycles. The van der Waals surface area contributed by atoms with Crippen molar-refractivity contribution in [1.82, 2.24) is 10.2 Å². The molecule has 4 bridgehead atoms. The summed E-state index contributed by atoms with van der Waals surface area (Å²) in [4.78, 5) is 15.4. The molecule has 2 aromatic carbocycles. The number of nitrogens with one attached hydrogen (secondary N) is 1. The van der Waals surface area contributed by atoms with Crippen molar-refractivity contribution >= 4 is 5.91 Å². The number of piperidine rings is 2. The van der Waals surface area contributed by atoms with Crippen LogP contribution in [0.3, 0.4) is 0 Å². The summed E-state index contributed by atoms with van der Waals surface area (Å²) in [6.45, 7) is 6.61. The zero-order valence-corrected chi connectivity index (χ0v) is 18.7. The Labute approximate surface area is 186 Å². The first-order valence-electron chi connectivity index (χ1n) is 11.9. The largest absolute Gasteiger partial charge is 0.369 e. The van der Waals surface area contributed by atoms with Gasteiger partial charge in [-0.2, -0.15) is 0 Å². The summed E-state index contributed by atoms with van der Waals surface area (Å²) in [5.74, 6) is 1.36. The van der Waals surface area contributed by atoms with E-state index in [0.717, 1.165) is 32.4 Å². The Hall–Kier alpha value is -2.17. The Bertz CT molecular complexity index is 871. The maximum Gasteiger partial charge on any atom is 0.223 e. The number of fused-ring (bicyclic) bond motifs is 1. The average molecular weight is 418 g/mol. The third-order valence-electron chi connectivity index (χ3n) is 8.10. The van der Waals surface area contributed by atoms with E-state index in [1.807, 2.05) is 0 Å². The number of primary amides is 1. The fourth-order valence-electron chi connectivity index (χ4n) is 7.14. The standard InChI is InChI=1S/C27H35N3O/c1-18(2)17-30-25-21-16-29-23(24(25)26(28)31)13-22(21)27(30,14-19-9-5-3-6-10-19)15-20-11-7-4-8-12-20/h3-12,18,21-25,29H,13-17H2,1-2H3,(H2,28,31). The molecule has 1 aliphatic carbocycles. The number of rotatable bonds is 7. The van der Waals surface area contributed by atoms with E-state index in [1.54, 1.807) is 0 Å². The molecule has 31 heavy (non-hydrogen) atoms. The van der Waals surface area contributed by atoms with Crippen molar-refractivity contribution in [1.29, 1.82) is 0 Å². The normalized spacial score (nSPS) is 31.3. The summed E-state index contributed by atoms with van der Waals surface area (Å²) >= 11 is 0. The highest BCUT2D eigenvalue weighted by atomic mass is 16.1. The lowest BCUT2D eigenvalue weighted by Crippen LogP contribution is -2.64. The van der Waals surface area contributed by atoms with Gasteiger partial charge in [0.25, 0.3) is 0 Å². The first-order chi connectivity index (χ1) is 15.0. The summed E-state index contributed by atoms with van der Waals surface area (Å²) in [6.07, 6.45) is 3.08. The second-order valence-corrected chi connectivity index (χ2v) is 10.4. The van der Waals surface area contributed by atoms with Crippen LogP contribution in [0, 0.1) is 23.7 Å². The molecule has 5 atom stereocenters. The molecule has 4 heteroatoms. The second-order valence-electron chi connectivity index (χ2n) is 10.4. The van der Waals surface area contributed by atoms with Crippen LogP contribution in [-0.2, 0) is 17.6 Å². The average Bonchev–Trinajstić information content (AvgIpc) is 2.95. The van der Waals surface area contributed by atoms with Gasteiger partial charge in [-0.05, 0) is 48.1 Å². The van der Waals surface area contributed by atoms with Crippen LogP contribution in [0.1, 0.15) is 31.4 Å². The maximum atomic E-state index is 12.6. The number of hydrogen-bond donors (Lipinski definition) is 2. The maximum absolute atomic E-state index is 12.6. The number of nitrogens with two attached hydrogens (primary N) is 1. The van der Waals surface area contributed by atoms with E-state index in [1.165, 1.54) is 11.1 Å². The van der Waals surface area contributed by atoms with Gasteiger partial charge in [-0.15, -0.1) is 0 Å². The van der Waals surface area contributed by atoms with Crippen molar-refractivity contribution in [2.24, 2.45) is 29.4 Å². The smallest absolute Gasteiger partial charge is 0.223 e. The minimum atomic E-state index is -0.130. The van der Waals surface area contributed by atoms with E-state index in [9.17, 15) is 4.79 Å². The quantitative estimate of drug-likeness (QED) is 0.727.